The van der Waals surface area contributed by atoms with Gasteiger partial charge in [0.25, 0.3) is 0 Å². The molecule has 0 amide bonds. The molecule has 2 heterocycles. The second-order valence-electron chi connectivity index (χ2n) is 5.68. The van der Waals surface area contributed by atoms with Crippen molar-refractivity contribution < 1.29 is 14.6 Å². The van der Waals surface area contributed by atoms with E-state index < -0.39 is 6.10 Å². The van der Waals surface area contributed by atoms with Crippen LogP contribution in [0.25, 0.3) is 21.9 Å². The number of hydrogen-bond donors (Lipinski definition) is 3. The first kappa shape index (κ1) is 19.2. The number of rotatable bonds is 7. The Morgan fingerprint density at radius 3 is 2.84 bits per heavy atom. The molecule has 4 N–H and O–H groups in total. The van der Waals surface area contributed by atoms with Crippen molar-refractivity contribution >= 4 is 40.2 Å². The summed E-state index contributed by atoms with van der Waals surface area (Å²) < 4.78 is 11.3. The molecular weight excluding hydrogens is 344 g/mol. The second kappa shape index (κ2) is 8.33. The Labute approximate surface area is 152 Å². The fourth-order valence-electron chi connectivity index (χ4n) is 2.55. The van der Waals surface area contributed by atoms with E-state index in [1.807, 2.05) is 25.1 Å². The van der Waals surface area contributed by atoms with E-state index in [-0.39, 0.29) is 12.4 Å². The molecule has 7 nitrogen and oxygen atoms in total. The van der Waals surface area contributed by atoms with Crippen molar-refractivity contribution in [2.45, 2.75) is 33.0 Å². The van der Waals surface area contributed by atoms with Gasteiger partial charge >= 0.3 is 0 Å². The number of anilines is 1. The number of nitrogens with zero attached hydrogens (tertiary/aromatic N) is 2. The topological polar surface area (TPSA) is 106 Å². The van der Waals surface area contributed by atoms with Crippen LogP contribution < -0.4 is 10.5 Å². The number of pyridine rings is 1. The molecular formula is C17H23ClN4O3. The number of halogens is 1. The Morgan fingerprint density at radius 1 is 1.32 bits per heavy atom. The van der Waals surface area contributed by atoms with Gasteiger partial charge in [-0.2, -0.15) is 0 Å². The largest absolute Gasteiger partial charge is 0.493 e. The van der Waals surface area contributed by atoms with Crippen LogP contribution in [0.4, 0.5) is 5.82 Å². The van der Waals surface area contributed by atoms with Crippen molar-refractivity contribution in [2.24, 2.45) is 0 Å². The van der Waals surface area contributed by atoms with Gasteiger partial charge in [-0.1, -0.05) is 6.07 Å². The van der Waals surface area contributed by atoms with Crippen molar-refractivity contribution in [3.8, 4) is 5.75 Å². The molecule has 1 unspecified atom stereocenters. The maximum absolute atomic E-state index is 9.40. The summed E-state index contributed by atoms with van der Waals surface area (Å²) in [6, 6.07) is 5.62. The molecule has 25 heavy (non-hydrogen) atoms. The van der Waals surface area contributed by atoms with Crippen molar-refractivity contribution in [3.63, 3.8) is 0 Å². The maximum Gasteiger partial charge on any atom is 0.150 e. The molecule has 0 radical (unpaired) electrons. The third kappa shape index (κ3) is 4.12. The van der Waals surface area contributed by atoms with Crippen LogP contribution in [0.5, 0.6) is 5.75 Å². The van der Waals surface area contributed by atoms with Crippen LogP contribution >= 0.6 is 12.4 Å². The predicted molar refractivity (Wildman–Crippen MR) is 100 cm³/mol. The van der Waals surface area contributed by atoms with Crippen molar-refractivity contribution in [1.29, 1.82) is 0 Å². The average molecular weight is 367 g/mol. The number of nitrogens with two attached hydrogens (primary N) is 1. The number of benzene rings is 1. The summed E-state index contributed by atoms with van der Waals surface area (Å²) in [4.78, 5) is 12.2. The molecule has 0 saturated carbocycles. The zero-order chi connectivity index (χ0) is 17.1. The summed E-state index contributed by atoms with van der Waals surface area (Å²) in [6.45, 7) is 5.08. The van der Waals surface area contributed by atoms with E-state index in [4.69, 9.17) is 15.2 Å². The molecule has 3 rings (SSSR count). The number of aromatic nitrogens is 3. The first-order valence-electron chi connectivity index (χ1n) is 8.05. The van der Waals surface area contributed by atoms with Gasteiger partial charge in [-0.25, -0.2) is 9.97 Å². The van der Waals surface area contributed by atoms with Crippen LogP contribution in [0.3, 0.4) is 0 Å². The maximum atomic E-state index is 9.40. The third-order valence-electron chi connectivity index (χ3n) is 3.73. The van der Waals surface area contributed by atoms with E-state index in [0.717, 1.165) is 16.4 Å². The highest BCUT2D eigenvalue weighted by Gasteiger charge is 2.15. The highest BCUT2D eigenvalue weighted by Crippen LogP contribution is 2.33. The standard InChI is InChI=1S/C17H22N4O3.ClH/c1-3-23-9-13-20-15-14-11(19-17(18)16(15)21-13)5-4-6-12(14)24-8-7-10(2)22;/h4-6,10,22H,3,7-9H2,1-2H3,(H2,18,19)(H,20,21);1H. The molecule has 1 aromatic carbocycles. The van der Waals surface area contributed by atoms with Gasteiger partial charge in [-0.05, 0) is 26.0 Å². The van der Waals surface area contributed by atoms with Gasteiger partial charge < -0.3 is 25.3 Å². The molecule has 3 aromatic rings. The van der Waals surface area contributed by atoms with Gasteiger partial charge in [0.15, 0.2) is 0 Å². The average Bonchev–Trinajstić information content (AvgIpc) is 2.97. The lowest BCUT2D eigenvalue weighted by Gasteiger charge is -2.11. The number of aliphatic hydroxyl groups is 1. The van der Waals surface area contributed by atoms with Gasteiger partial charge in [0, 0.05) is 13.0 Å². The quantitative estimate of drug-likeness (QED) is 0.593. The normalized spacial score (nSPS) is 12.3. The summed E-state index contributed by atoms with van der Waals surface area (Å²) in [6.07, 6.45) is 0.148. The summed E-state index contributed by atoms with van der Waals surface area (Å²) in [5.41, 5.74) is 8.19. The van der Waals surface area contributed by atoms with E-state index in [2.05, 4.69) is 15.0 Å². The van der Waals surface area contributed by atoms with Crippen LogP contribution in [-0.2, 0) is 11.3 Å². The van der Waals surface area contributed by atoms with Gasteiger partial charge in [-0.3, -0.25) is 0 Å². The summed E-state index contributed by atoms with van der Waals surface area (Å²) >= 11 is 0. The number of nitrogen functional groups attached to an aromatic ring is 1. The molecule has 2 aromatic heterocycles. The Morgan fingerprint density at radius 2 is 2.12 bits per heavy atom. The molecule has 0 saturated heterocycles. The first-order valence-corrected chi connectivity index (χ1v) is 8.05. The molecule has 136 valence electrons. The van der Waals surface area contributed by atoms with E-state index in [0.29, 0.717) is 49.1 Å². The monoisotopic (exact) mass is 366 g/mol. The Balaban J connectivity index is 0.00000225. The minimum Gasteiger partial charge on any atom is -0.493 e. The minimum atomic E-state index is -0.406. The lowest BCUT2D eigenvalue weighted by atomic mass is 10.1. The van der Waals surface area contributed by atoms with E-state index in [1.54, 1.807) is 6.92 Å². The molecule has 0 aliphatic rings. The number of aromatic amines is 1. The van der Waals surface area contributed by atoms with Crippen LogP contribution in [0.2, 0.25) is 0 Å². The van der Waals surface area contributed by atoms with Crippen LogP contribution in [0.1, 0.15) is 26.1 Å². The number of hydrogen-bond acceptors (Lipinski definition) is 6. The lowest BCUT2D eigenvalue weighted by molar-refractivity contribution is 0.129. The third-order valence-corrected chi connectivity index (χ3v) is 3.73. The highest BCUT2D eigenvalue weighted by molar-refractivity contribution is 6.09. The summed E-state index contributed by atoms with van der Waals surface area (Å²) in [7, 11) is 0. The number of imidazole rings is 1. The molecule has 0 bridgehead atoms. The van der Waals surface area contributed by atoms with Crippen molar-refractivity contribution in [1.82, 2.24) is 15.0 Å². The van der Waals surface area contributed by atoms with E-state index >= 15 is 0 Å². The lowest BCUT2D eigenvalue weighted by Crippen LogP contribution is -2.07. The Kier molecular flexibility index (Phi) is 6.41. The molecule has 0 aliphatic heterocycles. The van der Waals surface area contributed by atoms with Gasteiger partial charge in [0.05, 0.1) is 23.6 Å². The minimum absolute atomic E-state index is 0. The molecule has 8 heteroatoms. The number of fused-ring (bicyclic) bond motifs is 3. The van der Waals surface area contributed by atoms with Gasteiger partial charge in [-0.15, -0.1) is 12.4 Å². The van der Waals surface area contributed by atoms with Crippen molar-refractivity contribution in [3.05, 3.63) is 24.0 Å². The molecule has 0 spiro atoms. The van der Waals surface area contributed by atoms with Crippen LogP contribution in [0, 0.1) is 0 Å². The number of ether oxygens (including phenoxy) is 2. The Bertz CT molecular complexity index is 851. The molecule has 0 fully saturated rings. The number of H-pyrrole nitrogens is 1. The zero-order valence-electron chi connectivity index (χ0n) is 14.3. The molecule has 1 atom stereocenters. The van der Waals surface area contributed by atoms with Gasteiger partial charge in [0.2, 0.25) is 0 Å². The zero-order valence-corrected chi connectivity index (χ0v) is 15.1. The fourth-order valence-corrected chi connectivity index (χ4v) is 2.55. The van der Waals surface area contributed by atoms with E-state index in [9.17, 15) is 5.11 Å². The Hall–Kier alpha value is -2.09. The fraction of sp³-hybridized carbons (Fsp3) is 0.412. The summed E-state index contributed by atoms with van der Waals surface area (Å²) in [5.74, 6) is 1.78. The van der Waals surface area contributed by atoms with E-state index in [1.165, 1.54) is 0 Å². The smallest absolute Gasteiger partial charge is 0.150 e. The first-order chi connectivity index (χ1) is 11.6. The molecule has 0 aliphatic carbocycles. The predicted octanol–water partition coefficient (Wildman–Crippen LogP) is 2.80. The number of aliphatic hydroxyl groups excluding tert-OH is 1. The summed E-state index contributed by atoms with van der Waals surface area (Å²) in [5, 5.41) is 10.2. The second-order valence-corrected chi connectivity index (χ2v) is 5.68. The SMILES string of the molecule is CCOCc1nc2c([nH]1)c(N)nc1cccc(OCCC(C)O)c12.Cl. The van der Waals surface area contributed by atoms with Gasteiger partial charge in [0.1, 0.15) is 35.0 Å². The number of nitrogens with one attached hydrogen (secondary N) is 1. The van der Waals surface area contributed by atoms with Crippen LogP contribution in [-0.4, -0.2) is 39.4 Å². The highest BCUT2D eigenvalue weighted by atomic mass is 35.5. The van der Waals surface area contributed by atoms with Crippen LogP contribution in [0.15, 0.2) is 18.2 Å². The van der Waals surface area contributed by atoms with Crippen molar-refractivity contribution in [2.75, 3.05) is 18.9 Å².